The zero-order valence-electron chi connectivity index (χ0n) is 17.5. The summed E-state index contributed by atoms with van der Waals surface area (Å²) in [7, 11) is 0. The number of rotatable bonds is 8. The van der Waals surface area contributed by atoms with E-state index < -0.39 is 11.7 Å². The lowest BCUT2D eigenvalue weighted by molar-refractivity contribution is -0.137. The van der Waals surface area contributed by atoms with Gasteiger partial charge in [0.25, 0.3) is 0 Å². The average Bonchev–Trinajstić information content (AvgIpc) is 2.74. The normalized spacial score (nSPS) is 20.0. The van der Waals surface area contributed by atoms with E-state index in [2.05, 4.69) is 31.2 Å². The molecule has 0 atom stereocenters. The molecule has 1 saturated carbocycles. The van der Waals surface area contributed by atoms with Crippen molar-refractivity contribution in [3.63, 3.8) is 0 Å². The van der Waals surface area contributed by atoms with Gasteiger partial charge in [0.2, 0.25) is 0 Å². The Labute approximate surface area is 173 Å². The van der Waals surface area contributed by atoms with Crippen LogP contribution in [0.5, 0.6) is 0 Å². The summed E-state index contributed by atoms with van der Waals surface area (Å²) in [6, 6.07) is 13.9. The quantitative estimate of drug-likeness (QED) is 0.386. The summed E-state index contributed by atoms with van der Waals surface area (Å²) in [6.07, 6.45) is 9.14. The van der Waals surface area contributed by atoms with E-state index in [9.17, 15) is 13.2 Å². The third kappa shape index (κ3) is 6.35. The molecular formula is C26H33F3. The third-order valence-electron chi connectivity index (χ3n) is 6.49. The minimum absolute atomic E-state index is 0.597. The van der Waals surface area contributed by atoms with Crippen molar-refractivity contribution in [1.29, 1.82) is 0 Å². The minimum Gasteiger partial charge on any atom is -0.166 e. The van der Waals surface area contributed by atoms with Gasteiger partial charge >= 0.3 is 6.18 Å². The number of hydrogen-bond acceptors (Lipinski definition) is 0. The molecule has 1 fully saturated rings. The molecule has 0 radical (unpaired) electrons. The van der Waals surface area contributed by atoms with Gasteiger partial charge in [-0.3, -0.25) is 0 Å². The molecule has 1 aliphatic rings. The van der Waals surface area contributed by atoms with E-state index in [0.29, 0.717) is 5.92 Å². The van der Waals surface area contributed by atoms with Gasteiger partial charge in [-0.05, 0) is 66.3 Å². The summed E-state index contributed by atoms with van der Waals surface area (Å²) >= 11 is 0. The Morgan fingerprint density at radius 2 is 1.28 bits per heavy atom. The van der Waals surface area contributed by atoms with Crippen molar-refractivity contribution in [3.8, 4) is 11.1 Å². The molecule has 29 heavy (non-hydrogen) atoms. The Morgan fingerprint density at radius 1 is 0.724 bits per heavy atom. The Balaban J connectivity index is 1.50. The Kier molecular flexibility index (Phi) is 7.80. The highest BCUT2D eigenvalue weighted by Crippen LogP contribution is 2.38. The van der Waals surface area contributed by atoms with Gasteiger partial charge in [-0.15, -0.1) is 0 Å². The van der Waals surface area contributed by atoms with Crippen molar-refractivity contribution in [2.24, 2.45) is 5.92 Å². The molecule has 1 aliphatic carbocycles. The number of alkyl halides is 3. The Hall–Kier alpha value is -1.77. The van der Waals surface area contributed by atoms with Gasteiger partial charge in [0, 0.05) is 0 Å². The predicted molar refractivity (Wildman–Crippen MR) is 115 cm³/mol. The van der Waals surface area contributed by atoms with Crippen LogP contribution in [0.25, 0.3) is 11.1 Å². The van der Waals surface area contributed by atoms with Crippen molar-refractivity contribution >= 4 is 0 Å². The fourth-order valence-electron chi connectivity index (χ4n) is 4.62. The van der Waals surface area contributed by atoms with Gasteiger partial charge in [-0.2, -0.15) is 13.2 Å². The lowest BCUT2D eigenvalue weighted by Crippen LogP contribution is -2.13. The smallest absolute Gasteiger partial charge is 0.166 e. The summed E-state index contributed by atoms with van der Waals surface area (Å²) in [4.78, 5) is 0. The van der Waals surface area contributed by atoms with Gasteiger partial charge in [0.05, 0.1) is 5.56 Å². The summed E-state index contributed by atoms with van der Waals surface area (Å²) < 4.78 is 38.2. The highest BCUT2D eigenvalue weighted by atomic mass is 19.4. The molecule has 3 rings (SSSR count). The first-order chi connectivity index (χ1) is 14.0. The molecule has 0 aromatic heterocycles. The Bertz CT molecular complexity index is 720. The molecule has 3 heteroatoms. The van der Waals surface area contributed by atoms with Crippen LogP contribution in [0, 0.1) is 5.92 Å². The molecule has 0 spiro atoms. The molecule has 0 amide bonds. The van der Waals surface area contributed by atoms with Gasteiger partial charge < -0.3 is 0 Å². The zero-order valence-corrected chi connectivity index (χ0v) is 17.5. The molecule has 158 valence electrons. The minimum atomic E-state index is -4.28. The van der Waals surface area contributed by atoms with Gasteiger partial charge in [0.15, 0.2) is 0 Å². The van der Waals surface area contributed by atoms with Crippen LogP contribution in [-0.2, 0) is 6.18 Å². The van der Waals surface area contributed by atoms with E-state index in [1.165, 1.54) is 69.8 Å². The zero-order chi connectivity index (χ0) is 20.7. The van der Waals surface area contributed by atoms with E-state index in [1.54, 1.807) is 12.1 Å². The van der Waals surface area contributed by atoms with Crippen molar-refractivity contribution < 1.29 is 13.2 Å². The van der Waals surface area contributed by atoms with Crippen molar-refractivity contribution in [3.05, 3.63) is 59.7 Å². The second-order valence-corrected chi connectivity index (χ2v) is 8.62. The van der Waals surface area contributed by atoms with E-state index in [0.717, 1.165) is 29.2 Å². The maximum Gasteiger partial charge on any atom is 0.416 e. The van der Waals surface area contributed by atoms with Crippen LogP contribution < -0.4 is 0 Å². The lowest BCUT2D eigenvalue weighted by atomic mass is 9.77. The molecule has 2 aromatic carbocycles. The topological polar surface area (TPSA) is 0 Å². The van der Waals surface area contributed by atoms with E-state index >= 15 is 0 Å². The van der Waals surface area contributed by atoms with Gasteiger partial charge in [-0.1, -0.05) is 81.8 Å². The second kappa shape index (κ2) is 10.3. The first kappa shape index (κ1) is 21.9. The number of halogens is 3. The molecule has 2 aromatic rings. The fourth-order valence-corrected chi connectivity index (χ4v) is 4.62. The second-order valence-electron chi connectivity index (χ2n) is 8.62. The van der Waals surface area contributed by atoms with Crippen LogP contribution >= 0.6 is 0 Å². The molecule has 0 bridgehead atoms. The van der Waals surface area contributed by atoms with Crippen LogP contribution in [0.2, 0.25) is 0 Å². The number of unbranched alkanes of at least 4 members (excludes halogenated alkanes) is 4. The van der Waals surface area contributed by atoms with Crippen molar-refractivity contribution in [2.45, 2.75) is 83.2 Å². The third-order valence-corrected chi connectivity index (χ3v) is 6.49. The SMILES string of the molecule is CCCCCCCC1CCC(c2ccc(-c3ccc(C(F)(F)F)cc3)cc2)CC1. The molecule has 0 heterocycles. The molecule has 0 unspecified atom stereocenters. The van der Waals surface area contributed by atoms with Crippen LogP contribution in [0.4, 0.5) is 13.2 Å². The van der Waals surface area contributed by atoms with Crippen molar-refractivity contribution in [2.75, 3.05) is 0 Å². The summed E-state index contributed by atoms with van der Waals surface area (Å²) in [5.41, 5.74) is 2.58. The largest absolute Gasteiger partial charge is 0.416 e. The fraction of sp³-hybridized carbons (Fsp3) is 0.538. The summed E-state index contributed by atoms with van der Waals surface area (Å²) in [5.74, 6) is 1.53. The molecule has 0 saturated heterocycles. The standard InChI is InChI=1S/C26H33F3/c1-2-3-4-5-6-7-20-8-10-21(11-9-20)22-12-14-23(15-13-22)24-16-18-25(19-17-24)26(27,28)29/h12-21H,2-11H2,1H3. The van der Waals surface area contributed by atoms with Crippen LogP contribution in [0.15, 0.2) is 48.5 Å². The summed E-state index contributed by atoms with van der Waals surface area (Å²) in [5, 5.41) is 0. The maximum atomic E-state index is 12.7. The maximum absolute atomic E-state index is 12.7. The average molecular weight is 403 g/mol. The molecule has 0 N–H and O–H groups in total. The molecule has 0 nitrogen and oxygen atoms in total. The Morgan fingerprint density at radius 3 is 1.83 bits per heavy atom. The highest BCUT2D eigenvalue weighted by molar-refractivity contribution is 5.64. The van der Waals surface area contributed by atoms with Crippen LogP contribution in [0.3, 0.4) is 0 Å². The predicted octanol–water partition coefficient (Wildman–Crippen LogP) is 9.01. The molecular weight excluding hydrogens is 369 g/mol. The van der Waals surface area contributed by atoms with Crippen LogP contribution in [-0.4, -0.2) is 0 Å². The number of benzene rings is 2. The monoisotopic (exact) mass is 402 g/mol. The highest BCUT2D eigenvalue weighted by Gasteiger charge is 2.30. The summed E-state index contributed by atoms with van der Waals surface area (Å²) in [6.45, 7) is 2.26. The number of hydrogen-bond donors (Lipinski definition) is 0. The first-order valence-electron chi connectivity index (χ1n) is 11.2. The van der Waals surface area contributed by atoms with E-state index in [-0.39, 0.29) is 0 Å². The van der Waals surface area contributed by atoms with E-state index in [1.807, 2.05) is 0 Å². The first-order valence-corrected chi connectivity index (χ1v) is 11.2. The molecule has 0 aliphatic heterocycles. The van der Waals surface area contributed by atoms with Gasteiger partial charge in [-0.25, -0.2) is 0 Å². The van der Waals surface area contributed by atoms with Crippen molar-refractivity contribution in [1.82, 2.24) is 0 Å². The van der Waals surface area contributed by atoms with Gasteiger partial charge in [0.1, 0.15) is 0 Å². The lowest BCUT2D eigenvalue weighted by Gasteiger charge is -2.29. The van der Waals surface area contributed by atoms with E-state index in [4.69, 9.17) is 0 Å². The van der Waals surface area contributed by atoms with Crippen LogP contribution in [0.1, 0.15) is 88.2 Å².